The first-order valence-electron chi connectivity index (χ1n) is 6.40. The van der Waals surface area contributed by atoms with Crippen LogP contribution in [-0.2, 0) is 0 Å². The lowest BCUT2D eigenvalue weighted by molar-refractivity contribution is 0.356. The second-order valence-corrected chi connectivity index (χ2v) is 4.62. The molecular weight excluding hydrogens is 252 g/mol. The molecule has 20 heavy (non-hydrogen) atoms. The predicted octanol–water partition coefficient (Wildman–Crippen LogP) is 3.56. The van der Waals surface area contributed by atoms with Gasteiger partial charge in [0, 0.05) is 17.7 Å². The van der Waals surface area contributed by atoms with E-state index in [0.29, 0.717) is 11.5 Å². The molecule has 0 radical (unpaired) electrons. The molecule has 102 valence electrons. The van der Waals surface area contributed by atoms with Gasteiger partial charge < -0.3 is 14.5 Å². The third-order valence-corrected chi connectivity index (χ3v) is 3.39. The predicted molar refractivity (Wildman–Crippen MR) is 79.4 cm³/mol. The molecule has 0 aliphatic heterocycles. The van der Waals surface area contributed by atoms with E-state index in [-0.39, 0.29) is 0 Å². The average Bonchev–Trinajstić information content (AvgIpc) is 2.88. The molecule has 0 saturated heterocycles. The minimum Gasteiger partial charge on any atom is -0.493 e. The maximum atomic E-state index is 5.31. The highest BCUT2D eigenvalue weighted by molar-refractivity contribution is 5.83. The Morgan fingerprint density at radius 3 is 2.40 bits per heavy atom. The summed E-state index contributed by atoms with van der Waals surface area (Å²) in [5, 5.41) is 0. The van der Waals surface area contributed by atoms with Gasteiger partial charge in [-0.1, -0.05) is 24.3 Å². The first kappa shape index (κ1) is 12.5. The highest BCUT2D eigenvalue weighted by Gasteiger charge is 2.11. The van der Waals surface area contributed by atoms with E-state index in [9.17, 15) is 0 Å². The van der Waals surface area contributed by atoms with Crippen LogP contribution in [0.2, 0.25) is 0 Å². The minimum absolute atomic E-state index is 0.683. The number of benzene rings is 2. The van der Waals surface area contributed by atoms with Crippen LogP contribution in [0.25, 0.3) is 22.4 Å². The van der Waals surface area contributed by atoms with Gasteiger partial charge in [0.15, 0.2) is 11.5 Å². The molecule has 2 aromatic carbocycles. The standard InChI is InChI=1S/C16H16N2O2/c1-10-6-4-5-7-11(10)16-17-12-8-14(19-2)15(20-3)9-13(12)18-16/h4-9H,1-3H3,(H,17,18). The number of aromatic nitrogens is 2. The molecule has 3 aromatic rings. The molecule has 0 spiro atoms. The van der Waals surface area contributed by atoms with Crippen LogP contribution in [0, 0.1) is 6.92 Å². The van der Waals surface area contributed by atoms with Crippen molar-refractivity contribution in [2.45, 2.75) is 6.92 Å². The molecule has 0 aliphatic carbocycles. The number of hydrogen-bond acceptors (Lipinski definition) is 3. The lowest BCUT2D eigenvalue weighted by atomic mass is 10.1. The summed E-state index contributed by atoms with van der Waals surface area (Å²) in [7, 11) is 3.25. The molecule has 0 saturated carbocycles. The van der Waals surface area contributed by atoms with Crippen LogP contribution < -0.4 is 9.47 Å². The Morgan fingerprint density at radius 1 is 1.00 bits per heavy atom. The zero-order chi connectivity index (χ0) is 14.1. The molecule has 0 bridgehead atoms. The molecule has 0 amide bonds. The Labute approximate surface area is 117 Å². The number of aromatic amines is 1. The van der Waals surface area contributed by atoms with Gasteiger partial charge >= 0.3 is 0 Å². The van der Waals surface area contributed by atoms with Crippen LogP contribution in [0.15, 0.2) is 36.4 Å². The first-order valence-corrected chi connectivity index (χ1v) is 6.40. The van der Waals surface area contributed by atoms with Crippen molar-refractivity contribution in [2.75, 3.05) is 14.2 Å². The normalized spacial score (nSPS) is 10.8. The highest BCUT2D eigenvalue weighted by atomic mass is 16.5. The summed E-state index contributed by atoms with van der Waals surface area (Å²) in [5.74, 6) is 2.23. The summed E-state index contributed by atoms with van der Waals surface area (Å²) in [6, 6.07) is 11.9. The van der Waals surface area contributed by atoms with Crippen LogP contribution >= 0.6 is 0 Å². The number of fused-ring (bicyclic) bond motifs is 1. The van der Waals surface area contributed by atoms with E-state index >= 15 is 0 Å². The van der Waals surface area contributed by atoms with Gasteiger partial charge in [0.1, 0.15) is 5.82 Å². The van der Waals surface area contributed by atoms with E-state index < -0.39 is 0 Å². The Bertz CT molecular complexity index is 721. The quantitative estimate of drug-likeness (QED) is 0.790. The van der Waals surface area contributed by atoms with E-state index in [4.69, 9.17) is 9.47 Å². The summed E-state index contributed by atoms with van der Waals surface area (Å²) >= 11 is 0. The number of H-pyrrole nitrogens is 1. The van der Waals surface area contributed by atoms with Crippen molar-refractivity contribution in [1.29, 1.82) is 0 Å². The molecule has 4 heteroatoms. The zero-order valence-corrected chi connectivity index (χ0v) is 11.7. The average molecular weight is 268 g/mol. The third-order valence-electron chi connectivity index (χ3n) is 3.39. The zero-order valence-electron chi connectivity index (χ0n) is 11.7. The van der Waals surface area contributed by atoms with Gasteiger partial charge in [-0.2, -0.15) is 0 Å². The van der Waals surface area contributed by atoms with Gasteiger partial charge in [-0.25, -0.2) is 4.98 Å². The van der Waals surface area contributed by atoms with Gasteiger partial charge in [0.2, 0.25) is 0 Å². The fourth-order valence-corrected chi connectivity index (χ4v) is 2.30. The summed E-state index contributed by atoms with van der Waals surface area (Å²) < 4.78 is 10.6. The summed E-state index contributed by atoms with van der Waals surface area (Å²) in [6.45, 7) is 2.07. The van der Waals surface area contributed by atoms with Crippen LogP contribution in [0.4, 0.5) is 0 Å². The summed E-state index contributed by atoms with van der Waals surface area (Å²) in [6.07, 6.45) is 0. The Balaban J connectivity index is 2.18. The van der Waals surface area contributed by atoms with Crippen molar-refractivity contribution < 1.29 is 9.47 Å². The molecule has 1 heterocycles. The Kier molecular flexibility index (Phi) is 3.06. The summed E-state index contributed by atoms with van der Waals surface area (Å²) in [4.78, 5) is 7.97. The molecule has 3 rings (SSSR count). The molecule has 0 unspecified atom stereocenters. The van der Waals surface area contributed by atoms with Crippen molar-refractivity contribution in [2.24, 2.45) is 0 Å². The molecule has 1 aromatic heterocycles. The number of methoxy groups -OCH3 is 2. The Hall–Kier alpha value is -2.49. The number of hydrogen-bond donors (Lipinski definition) is 1. The maximum Gasteiger partial charge on any atom is 0.163 e. The van der Waals surface area contributed by atoms with E-state index in [1.807, 2.05) is 24.3 Å². The number of nitrogens with one attached hydrogen (secondary N) is 1. The van der Waals surface area contributed by atoms with E-state index in [1.165, 1.54) is 5.56 Å². The number of aryl methyl sites for hydroxylation is 1. The van der Waals surface area contributed by atoms with Crippen molar-refractivity contribution in [3.05, 3.63) is 42.0 Å². The number of rotatable bonds is 3. The van der Waals surface area contributed by atoms with Crippen LogP contribution in [-0.4, -0.2) is 24.2 Å². The van der Waals surface area contributed by atoms with Gasteiger partial charge in [-0.15, -0.1) is 0 Å². The topological polar surface area (TPSA) is 47.1 Å². The second kappa shape index (κ2) is 4.89. The van der Waals surface area contributed by atoms with Crippen molar-refractivity contribution in [3.8, 4) is 22.9 Å². The lowest BCUT2D eigenvalue weighted by Crippen LogP contribution is -1.89. The lowest BCUT2D eigenvalue weighted by Gasteiger charge is -2.06. The monoisotopic (exact) mass is 268 g/mol. The van der Waals surface area contributed by atoms with Gasteiger partial charge in [0.25, 0.3) is 0 Å². The van der Waals surface area contributed by atoms with Crippen LogP contribution in [0.1, 0.15) is 5.56 Å². The fourth-order valence-electron chi connectivity index (χ4n) is 2.30. The molecule has 0 atom stereocenters. The SMILES string of the molecule is COc1cc2nc(-c3ccccc3C)[nH]c2cc1OC. The fraction of sp³-hybridized carbons (Fsp3) is 0.188. The largest absolute Gasteiger partial charge is 0.493 e. The highest BCUT2D eigenvalue weighted by Crippen LogP contribution is 2.32. The molecule has 0 fully saturated rings. The van der Waals surface area contributed by atoms with Gasteiger partial charge in [0.05, 0.1) is 25.3 Å². The number of imidazole rings is 1. The molecular formula is C16H16N2O2. The minimum atomic E-state index is 0.683. The number of nitrogens with zero attached hydrogens (tertiary/aromatic N) is 1. The van der Waals surface area contributed by atoms with E-state index in [0.717, 1.165) is 22.4 Å². The van der Waals surface area contributed by atoms with Crippen molar-refractivity contribution >= 4 is 11.0 Å². The third kappa shape index (κ3) is 1.99. The summed E-state index contributed by atoms with van der Waals surface area (Å²) in [5.41, 5.74) is 4.08. The Morgan fingerprint density at radius 2 is 1.70 bits per heavy atom. The molecule has 1 N–H and O–H groups in total. The maximum absolute atomic E-state index is 5.31. The first-order chi connectivity index (χ1) is 9.72. The molecule has 0 aliphatic rings. The van der Waals surface area contributed by atoms with Crippen molar-refractivity contribution in [3.63, 3.8) is 0 Å². The van der Waals surface area contributed by atoms with Crippen molar-refractivity contribution in [1.82, 2.24) is 9.97 Å². The van der Waals surface area contributed by atoms with Crippen LogP contribution in [0.3, 0.4) is 0 Å². The van der Waals surface area contributed by atoms with E-state index in [1.54, 1.807) is 14.2 Å². The van der Waals surface area contributed by atoms with Crippen LogP contribution in [0.5, 0.6) is 11.5 Å². The number of ether oxygens (including phenoxy) is 2. The second-order valence-electron chi connectivity index (χ2n) is 4.62. The van der Waals surface area contributed by atoms with Gasteiger partial charge in [-0.05, 0) is 12.5 Å². The van der Waals surface area contributed by atoms with Gasteiger partial charge in [-0.3, -0.25) is 0 Å². The van der Waals surface area contributed by atoms with E-state index in [2.05, 4.69) is 29.0 Å². The smallest absolute Gasteiger partial charge is 0.163 e. The molecule has 4 nitrogen and oxygen atoms in total.